The van der Waals surface area contributed by atoms with Gasteiger partial charge in [0.25, 0.3) is 0 Å². The highest BCUT2D eigenvalue weighted by Crippen LogP contribution is 2.33. The molecule has 0 heterocycles. The van der Waals surface area contributed by atoms with Crippen LogP contribution in [-0.4, -0.2) is 19.4 Å². The minimum Gasteiger partial charge on any atom is -0.496 e. The second-order valence-electron chi connectivity index (χ2n) is 5.24. The molecule has 0 aliphatic heterocycles. The molecule has 1 aromatic carbocycles. The Morgan fingerprint density at radius 1 is 1.35 bits per heavy atom. The van der Waals surface area contributed by atoms with Crippen LogP contribution in [-0.2, 0) is 5.41 Å². The van der Waals surface area contributed by atoms with E-state index < -0.39 is 0 Å². The van der Waals surface area contributed by atoms with Gasteiger partial charge in [0.2, 0.25) is 0 Å². The Bertz CT molecular complexity index is 431. The lowest BCUT2D eigenvalue weighted by Crippen LogP contribution is -2.18. The fourth-order valence-corrected chi connectivity index (χ4v) is 1.85. The van der Waals surface area contributed by atoms with Crippen molar-refractivity contribution in [2.24, 2.45) is 5.73 Å². The van der Waals surface area contributed by atoms with Crippen LogP contribution in [0.15, 0.2) is 12.1 Å². The van der Waals surface area contributed by atoms with Crippen molar-refractivity contribution in [1.82, 2.24) is 0 Å². The van der Waals surface area contributed by atoms with E-state index in [4.69, 9.17) is 10.5 Å². The average molecular weight is 235 g/mol. The van der Waals surface area contributed by atoms with Gasteiger partial charge >= 0.3 is 0 Å². The van der Waals surface area contributed by atoms with Crippen molar-refractivity contribution in [2.45, 2.75) is 33.1 Å². The highest BCUT2D eigenvalue weighted by Gasteiger charge is 2.21. The zero-order valence-electron chi connectivity index (χ0n) is 11.3. The van der Waals surface area contributed by atoms with Crippen LogP contribution >= 0.6 is 0 Å². The molecule has 0 atom stereocenters. The lowest BCUT2D eigenvalue weighted by atomic mass is 9.84. The Balaban J connectivity index is 3.40. The second-order valence-corrected chi connectivity index (χ2v) is 5.24. The van der Waals surface area contributed by atoms with E-state index in [1.807, 2.05) is 13.0 Å². The summed E-state index contributed by atoms with van der Waals surface area (Å²) in [5.41, 5.74) is 8.09. The van der Waals surface area contributed by atoms with Gasteiger partial charge in [0.05, 0.1) is 13.7 Å². The van der Waals surface area contributed by atoms with E-state index in [2.05, 4.69) is 20.8 Å². The van der Waals surface area contributed by atoms with Crippen LogP contribution in [0.25, 0.3) is 0 Å². The molecule has 3 heteroatoms. The summed E-state index contributed by atoms with van der Waals surface area (Å²) in [6, 6.07) is 3.81. The van der Waals surface area contributed by atoms with E-state index >= 15 is 0 Å². The molecule has 0 fully saturated rings. The lowest BCUT2D eigenvalue weighted by Gasteiger charge is -2.23. The molecule has 0 radical (unpaired) electrons. The fraction of sp³-hybridized carbons (Fsp3) is 0.500. The molecule has 17 heavy (non-hydrogen) atoms. The first-order valence-electron chi connectivity index (χ1n) is 5.73. The first kappa shape index (κ1) is 13.7. The van der Waals surface area contributed by atoms with Gasteiger partial charge in [0.1, 0.15) is 5.75 Å². The highest BCUT2D eigenvalue weighted by molar-refractivity contribution is 5.99. The first-order valence-corrected chi connectivity index (χ1v) is 5.73. The van der Waals surface area contributed by atoms with Crippen LogP contribution in [0, 0.1) is 6.92 Å². The maximum atomic E-state index is 11.7. The molecular formula is C14H21NO2. The lowest BCUT2D eigenvalue weighted by molar-refractivity contribution is 0.100. The Morgan fingerprint density at radius 3 is 2.35 bits per heavy atom. The summed E-state index contributed by atoms with van der Waals surface area (Å²) in [4.78, 5) is 11.7. The predicted molar refractivity (Wildman–Crippen MR) is 69.8 cm³/mol. The summed E-state index contributed by atoms with van der Waals surface area (Å²) in [6.45, 7) is 8.31. The number of aryl methyl sites for hydroxylation is 1. The van der Waals surface area contributed by atoms with Gasteiger partial charge in [-0.15, -0.1) is 0 Å². The molecular weight excluding hydrogens is 214 g/mol. The van der Waals surface area contributed by atoms with Crippen molar-refractivity contribution in [3.8, 4) is 5.75 Å². The number of Topliss-reactive ketones (excluding diaryl/α,β-unsaturated/α-hetero) is 1. The highest BCUT2D eigenvalue weighted by atomic mass is 16.5. The summed E-state index contributed by atoms with van der Waals surface area (Å²) in [7, 11) is 1.62. The molecule has 0 amide bonds. The van der Waals surface area contributed by atoms with E-state index in [0.717, 1.165) is 16.9 Å². The zero-order valence-corrected chi connectivity index (χ0v) is 11.3. The van der Waals surface area contributed by atoms with E-state index in [0.29, 0.717) is 5.56 Å². The standard InChI is InChI=1S/C14H21NO2/c1-9-6-11(14(2,3)4)13(17-5)7-10(9)12(16)8-15/h6-7H,8,15H2,1-5H3. The molecule has 1 aromatic rings. The largest absolute Gasteiger partial charge is 0.496 e. The maximum absolute atomic E-state index is 11.7. The van der Waals surface area contributed by atoms with Crippen LogP contribution in [0.5, 0.6) is 5.75 Å². The molecule has 0 saturated heterocycles. The molecule has 1 rings (SSSR count). The van der Waals surface area contributed by atoms with Crippen LogP contribution in [0.3, 0.4) is 0 Å². The SMILES string of the molecule is COc1cc(C(=O)CN)c(C)cc1C(C)(C)C. The van der Waals surface area contributed by atoms with Gasteiger partial charge < -0.3 is 10.5 Å². The van der Waals surface area contributed by atoms with Crippen molar-refractivity contribution < 1.29 is 9.53 Å². The number of nitrogens with two attached hydrogens (primary N) is 1. The van der Waals surface area contributed by atoms with E-state index in [1.165, 1.54) is 0 Å². The number of hydrogen-bond acceptors (Lipinski definition) is 3. The van der Waals surface area contributed by atoms with E-state index in [9.17, 15) is 4.79 Å². The first-order chi connectivity index (χ1) is 7.81. The Kier molecular flexibility index (Phi) is 3.94. The van der Waals surface area contributed by atoms with E-state index in [1.54, 1.807) is 13.2 Å². The van der Waals surface area contributed by atoms with E-state index in [-0.39, 0.29) is 17.7 Å². The van der Waals surface area contributed by atoms with Gasteiger partial charge in [0.15, 0.2) is 5.78 Å². The topological polar surface area (TPSA) is 52.3 Å². The summed E-state index contributed by atoms with van der Waals surface area (Å²) < 4.78 is 5.37. The molecule has 0 aromatic heterocycles. The van der Waals surface area contributed by atoms with Gasteiger partial charge in [0, 0.05) is 5.56 Å². The number of carbonyl (C=O) groups excluding carboxylic acids is 1. The third-order valence-electron chi connectivity index (χ3n) is 2.84. The summed E-state index contributed by atoms with van der Waals surface area (Å²) >= 11 is 0. The second kappa shape index (κ2) is 4.88. The Labute approximate surface area is 103 Å². The maximum Gasteiger partial charge on any atom is 0.176 e. The van der Waals surface area contributed by atoms with Gasteiger partial charge in [-0.1, -0.05) is 26.8 Å². The molecule has 3 nitrogen and oxygen atoms in total. The Hall–Kier alpha value is -1.35. The monoisotopic (exact) mass is 235 g/mol. The molecule has 2 N–H and O–H groups in total. The minimum absolute atomic E-state index is 0.0135. The molecule has 0 saturated carbocycles. The smallest absolute Gasteiger partial charge is 0.176 e. The number of carbonyl (C=O) groups is 1. The number of methoxy groups -OCH3 is 1. The Morgan fingerprint density at radius 2 is 1.94 bits per heavy atom. The normalized spacial score (nSPS) is 11.4. The third kappa shape index (κ3) is 2.86. The van der Waals surface area contributed by atoms with Crippen LogP contribution in [0.4, 0.5) is 0 Å². The van der Waals surface area contributed by atoms with Gasteiger partial charge in [-0.25, -0.2) is 0 Å². The summed E-state index contributed by atoms with van der Waals surface area (Å²) in [6.07, 6.45) is 0. The van der Waals surface area contributed by atoms with Gasteiger partial charge in [-0.2, -0.15) is 0 Å². The number of benzene rings is 1. The van der Waals surface area contributed by atoms with Crippen molar-refractivity contribution in [3.05, 3.63) is 28.8 Å². The number of ether oxygens (including phenoxy) is 1. The van der Waals surface area contributed by atoms with Crippen LogP contribution in [0.1, 0.15) is 42.3 Å². The molecule has 0 spiro atoms. The number of rotatable bonds is 3. The predicted octanol–water partition coefficient (Wildman–Crippen LogP) is 2.44. The van der Waals surface area contributed by atoms with Crippen LogP contribution < -0.4 is 10.5 Å². The molecule has 94 valence electrons. The van der Waals surface area contributed by atoms with Crippen molar-refractivity contribution in [2.75, 3.05) is 13.7 Å². The minimum atomic E-state index is -0.0544. The number of ketones is 1. The molecule has 0 aliphatic rings. The fourth-order valence-electron chi connectivity index (χ4n) is 1.85. The number of hydrogen-bond donors (Lipinski definition) is 1. The van der Waals surface area contributed by atoms with Gasteiger partial charge in [-0.05, 0) is 29.5 Å². The van der Waals surface area contributed by atoms with Crippen molar-refractivity contribution in [1.29, 1.82) is 0 Å². The zero-order chi connectivity index (χ0) is 13.2. The van der Waals surface area contributed by atoms with Crippen LogP contribution in [0.2, 0.25) is 0 Å². The van der Waals surface area contributed by atoms with Crippen molar-refractivity contribution >= 4 is 5.78 Å². The molecule has 0 unspecified atom stereocenters. The molecule has 0 bridgehead atoms. The summed E-state index contributed by atoms with van der Waals surface area (Å²) in [5, 5.41) is 0. The van der Waals surface area contributed by atoms with Gasteiger partial charge in [-0.3, -0.25) is 4.79 Å². The third-order valence-corrected chi connectivity index (χ3v) is 2.84. The summed E-state index contributed by atoms with van der Waals surface area (Å²) in [5.74, 6) is 0.696. The quantitative estimate of drug-likeness (QED) is 0.819. The van der Waals surface area contributed by atoms with Crippen molar-refractivity contribution in [3.63, 3.8) is 0 Å². The molecule has 0 aliphatic carbocycles. The average Bonchev–Trinajstić information content (AvgIpc) is 2.26.